The van der Waals surface area contributed by atoms with Gasteiger partial charge in [-0.2, -0.15) is 5.10 Å². The average molecular weight is 399 g/mol. The van der Waals surface area contributed by atoms with Gasteiger partial charge in [-0.05, 0) is 13.8 Å². The molecule has 7 heteroatoms. The minimum atomic E-state index is 0. The van der Waals surface area contributed by atoms with E-state index in [0.29, 0.717) is 0 Å². The van der Waals surface area contributed by atoms with Gasteiger partial charge in [-0.1, -0.05) is 30.3 Å². The highest BCUT2D eigenvalue weighted by atomic mass is 35.5. The number of nitrogens with zero attached hydrogens (tertiary/aromatic N) is 6. The Kier molecular flexibility index (Phi) is 6.65. The highest BCUT2D eigenvalue weighted by Crippen LogP contribution is 2.27. The molecule has 1 aliphatic heterocycles. The molecule has 3 aromatic rings. The van der Waals surface area contributed by atoms with Gasteiger partial charge < -0.3 is 4.90 Å². The van der Waals surface area contributed by atoms with Crippen molar-refractivity contribution in [1.29, 1.82) is 0 Å². The van der Waals surface area contributed by atoms with E-state index >= 15 is 0 Å². The minimum Gasteiger partial charge on any atom is -0.352 e. The third-order valence-electron chi connectivity index (χ3n) is 5.30. The summed E-state index contributed by atoms with van der Waals surface area (Å²) in [6.45, 7) is 10.1. The molecule has 0 atom stereocenters. The van der Waals surface area contributed by atoms with Crippen LogP contribution in [0, 0.1) is 6.92 Å². The SMILES string of the molecule is CCn1ncc(CN2CCN(c3nccnc3-c3ccccc3)CC2)c1C.Cl. The molecule has 1 aliphatic rings. The van der Waals surface area contributed by atoms with E-state index in [0.717, 1.165) is 56.3 Å². The first-order valence-electron chi connectivity index (χ1n) is 9.61. The lowest BCUT2D eigenvalue weighted by Crippen LogP contribution is -2.46. The molecule has 0 unspecified atom stereocenters. The zero-order valence-corrected chi connectivity index (χ0v) is 17.3. The van der Waals surface area contributed by atoms with E-state index in [4.69, 9.17) is 0 Å². The Hall–Kier alpha value is -2.44. The van der Waals surface area contributed by atoms with Crippen molar-refractivity contribution in [2.45, 2.75) is 26.9 Å². The maximum atomic E-state index is 4.65. The van der Waals surface area contributed by atoms with Gasteiger partial charge in [-0.25, -0.2) is 4.98 Å². The molecule has 0 aliphatic carbocycles. The van der Waals surface area contributed by atoms with E-state index in [1.807, 2.05) is 24.4 Å². The second-order valence-corrected chi connectivity index (χ2v) is 6.93. The fourth-order valence-corrected chi connectivity index (χ4v) is 3.68. The predicted octanol–water partition coefficient (Wildman–Crippen LogP) is 3.41. The Morgan fingerprint density at radius 2 is 1.68 bits per heavy atom. The second kappa shape index (κ2) is 9.17. The number of aromatic nitrogens is 4. The molecule has 1 aromatic carbocycles. The summed E-state index contributed by atoms with van der Waals surface area (Å²) in [6, 6.07) is 10.3. The Labute approximate surface area is 172 Å². The molecule has 0 N–H and O–H groups in total. The highest BCUT2D eigenvalue weighted by Gasteiger charge is 2.22. The van der Waals surface area contributed by atoms with Crippen molar-refractivity contribution in [3.05, 3.63) is 60.2 Å². The van der Waals surface area contributed by atoms with Crippen LogP contribution in [-0.2, 0) is 13.1 Å². The number of aryl methyl sites for hydroxylation is 1. The minimum absolute atomic E-state index is 0. The van der Waals surface area contributed by atoms with E-state index in [1.54, 1.807) is 12.4 Å². The maximum Gasteiger partial charge on any atom is 0.155 e. The van der Waals surface area contributed by atoms with Crippen molar-refractivity contribution in [2.75, 3.05) is 31.1 Å². The summed E-state index contributed by atoms with van der Waals surface area (Å²) in [4.78, 5) is 14.1. The molecule has 28 heavy (non-hydrogen) atoms. The van der Waals surface area contributed by atoms with Crippen LogP contribution < -0.4 is 4.90 Å². The van der Waals surface area contributed by atoms with Gasteiger partial charge in [0.05, 0.1) is 6.20 Å². The molecule has 148 valence electrons. The first kappa shape index (κ1) is 20.3. The number of halogens is 1. The summed E-state index contributed by atoms with van der Waals surface area (Å²) in [7, 11) is 0. The van der Waals surface area contributed by atoms with Crippen molar-refractivity contribution in [3.63, 3.8) is 0 Å². The number of piperazine rings is 1. The summed E-state index contributed by atoms with van der Waals surface area (Å²) < 4.78 is 2.07. The highest BCUT2D eigenvalue weighted by molar-refractivity contribution is 5.85. The van der Waals surface area contributed by atoms with Crippen LogP contribution in [0.1, 0.15) is 18.2 Å². The van der Waals surface area contributed by atoms with Crippen molar-refractivity contribution < 1.29 is 0 Å². The van der Waals surface area contributed by atoms with Crippen molar-refractivity contribution in [3.8, 4) is 11.3 Å². The van der Waals surface area contributed by atoms with Crippen LogP contribution in [0.3, 0.4) is 0 Å². The molecule has 0 radical (unpaired) electrons. The van der Waals surface area contributed by atoms with Crippen molar-refractivity contribution in [1.82, 2.24) is 24.6 Å². The number of hydrogen-bond acceptors (Lipinski definition) is 5. The van der Waals surface area contributed by atoms with Crippen LogP contribution in [0.2, 0.25) is 0 Å². The summed E-state index contributed by atoms with van der Waals surface area (Å²) in [5.74, 6) is 0.985. The summed E-state index contributed by atoms with van der Waals surface area (Å²) in [5.41, 5.74) is 4.69. The monoisotopic (exact) mass is 398 g/mol. The first-order chi connectivity index (χ1) is 13.3. The van der Waals surface area contributed by atoms with E-state index in [9.17, 15) is 0 Å². The molecule has 0 spiro atoms. The Bertz CT molecular complexity index is 887. The van der Waals surface area contributed by atoms with Crippen LogP contribution >= 0.6 is 12.4 Å². The average Bonchev–Trinajstić information content (AvgIpc) is 3.09. The number of rotatable bonds is 5. The molecule has 0 amide bonds. The van der Waals surface area contributed by atoms with E-state index in [2.05, 4.69) is 55.5 Å². The van der Waals surface area contributed by atoms with Gasteiger partial charge in [-0.3, -0.25) is 14.6 Å². The van der Waals surface area contributed by atoms with E-state index in [-0.39, 0.29) is 12.4 Å². The maximum absolute atomic E-state index is 4.65. The van der Waals surface area contributed by atoms with Gasteiger partial charge in [0.25, 0.3) is 0 Å². The van der Waals surface area contributed by atoms with Gasteiger partial charge in [-0.15, -0.1) is 12.4 Å². The van der Waals surface area contributed by atoms with Crippen LogP contribution in [0.15, 0.2) is 48.9 Å². The molecule has 4 rings (SSSR count). The van der Waals surface area contributed by atoms with Gasteiger partial charge in [0.1, 0.15) is 5.69 Å². The predicted molar refractivity (Wildman–Crippen MR) is 115 cm³/mol. The zero-order chi connectivity index (χ0) is 18.6. The first-order valence-corrected chi connectivity index (χ1v) is 9.61. The molecule has 0 saturated carbocycles. The van der Waals surface area contributed by atoms with E-state index in [1.165, 1.54) is 11.3 Å². The van der Waals surface area contributed by atoms with Crippen molar-refractivity contribution in [2.24, 2.45) is 0 Å². The van der Waals surface area contributed by atoms with Gasteiger partial charge >= 0.3 is 0 Å². The lowest BCUT2D eigenvalue weighted by atomic mass is 10.1. The van der Waals surface area contributed by atoms with Crippen molar-refractivity contribution >= 4 is 18.2 Å². The van der Waals surface area contributed by atoms with Gasteiger partial charge in [0, 0.05) is 68.5 Å². The third-order valence-corrected chi connectivity index (χ3v) is 5.30. The largest absolute Gasteiger partial charge is 0.352 e. The molecular weight excluding hydrogens is 372 g/mol. The van der Waals surface area contributed by atoms with Crippen LogP contribution in [0.25, 0.3) is 11.3 Å². The van der Waals surface area contributed by atoms with Gasteiger partial charge in [0.2, 0.25) is 0 Å². The smallest absolute Gasteiger partial charge is 0.155 e. The van der Waals surface area contributed by atoms with Crippen LogP contribution in [0.5, 0.6) is 0 Å². The lowest BCUT2D eigenvalue weighted by molar-refractivity contribution is 0.249. The second-order valence-electron chi connectivity index (χ2n) is 6.93. The third kappa shape index (κ3) is 4.18. The molecule has 1 saturated heterocycles. The lowest BCUT2D eigenvalue weighted by Gasteiger charge is -2.35. The molecular formula is C21H27ClN6. The number of anilines is 1. The number of benzene rings is 1. The van der Waals surface area contributed by atoms with E-state index < -0.39 is 0 Å². The molecule has 1 fully saturated rings. The molecule has 6 nitrogen and oxygen atoms in total. The standard InChI is InChI=1S/C21H26N6.ClH/c1-3-27-17(2)19(15-24-27)16-25-11-13-26(14-12-25)21-20(22-9-10-23-21)18-7-5-4-6-8-18;/h4-10,15H,3,11-14,16H2,1-2H3;1H. The normalized spacial score (nSPS) is 14.7. The quantitative estimate of drug-likeness (QED) is 0.659. The zero-order valence-electron chi connectivity index (χ0n) is 16.5. The summed E-state index contributed by atoms with van der Waals surface area (Å²) in [5, 5.41) is 4.47. The summed E-state index contributed by atoms with van der Waals surface area (Å²) >= 11 is 0. The Balaban J connectivity index is 0.00000225. The Morgan fingerprint density at radius 1 is 0.964 bits per heavy atom. The fraction of sp³-hybridized carbons (Fsp3) is 0.381. The fourth-order valence-electron chi connectivity index (χ4n) is 3.68. The topological polar surface area (TPSA) is 50.1 Å². The van der Waals surface area contributed by atoms with Crippen LogP contribution in [0.4, 0.5) is 5.82 Å². The molecule has 2 aromatic heterocycles. The Morgan fingerprint density at radius 3 is 2.36 bits per heavy atom. The molecule has 0 bridgehead atoms. The number of hydrogen-bond donors (Lipinski definition) is 0. The molecule has 3 heterocycles. The van der Waals surface area contributed by atoms with Gasteiger partial charge in [0.15, 0.2) is 5.82 Å². The van der Waals surface area contributed by atoms with Crippen LogP contribution in [-0.4, -0.2) is 50.8 Å². The summed E-state index contributed by atoms with van der Waals surface area (Å²) in [6.07, 6.45) is 5.58.